The molecule has 0 radical (unpaired) electrons. The van der Waals surface area contributed by atoms with Crippen molar-refractivity contribution in [2.24, 2.45) is 5.92 Å². The van der Waals surface area contributed by atoms with Gasteiger partial charge in [-0.2, -0.15) is 15.2 Å². The zero-order chi connectivity index (χ0) is 29.7. The normalized spacial score (nSPS) is 24.8. The highest BCUT2D eigenvalue weighted by atomic mass is 19.1. The number of halogens is 1. The maximum atomic E-state index is 16.7. The predicted octanol–water partition coefficient (Wildman–Crippen LogP) is 4.47. The van der Waals surface area contributed by atoms with Gasteiger partial charge in [0, 0.05) is 37.4 Å². The molecule has 2 aliphatic heterocycles. The number of nitriles is 1. The van der Waals surface area contributed by atoms with E-state index < -0.39 is 5.82 Å². The van der Waals surface area contributed by atoms with E-state index in [9.17, 15) is 10.1 Å². The molecule has 3 fully saturated rings. The number of anilines is 1. The molecule has 0 N–H and O–H groups in total. The van der Waals surface area contributed by atoms with Gasteiger partial charge in [0.1, 0.15) is 23.6 Å². The molecule has 4 atom stereocenters. The fourth-order valence-corrected chi connectivity index (χ4v) is 7.52. The number of benzene rings is 1. The van der Waals surface area contributed by atoms with Gasteiger partial charge >= 0.3 is 6.01 Å². The highest BCUT2D eigenvalue weighted by Gasteiger charge is 2.41. The molecule has 0 spiro atoms. The molecule has 4 heterocycles. The van der Waals surface area contributed by atoms with E-state index in [0.717, 1.165) is 37.8 Å². The number of nitrogens with zero attached hydrogens (tertiary/aromatic N) is 7. The van der Waals surface area contributed by atoms with Crippen molar-refractivity contribution in [3.63, 3.8) is 0 Å². The average Bonchev–Trinajstić information content (AvgIpc) is 3.54. The third kappa shape index (κ3) is 4.80. The molecule has 2 aliphatic carbocycles. The van der Waals surface area contributed by atoms with Crippen LogP contribution in [0.3, 0.4) is 0 Å². The maximum absolute atomic E-state index is 16.7. The zero-order valence-electron chi connectivity index (χ0n) is 24.5. The molecule has 9 nitrogen and oxygen atoms in total. The van der Waals surface area contributed by atoms with E-state index in [1.807, 2.05) is 17.0 Å². The van der Waals surface area contributed by atoms with E-state index >= 15 is 4.39 Å². The van der Waals surface area contributed by atoms with Crippen molar-refractivity contribution in [3.05, 3.63) is 54.0 Å². The van der Waals surface area contributed by atoms with E-state index in [4.69, 9.17) is 14.7 Å². The summed E-state index contributed by atoms with van der Waals surface area (Å²) in [6.07, 6.45) is 8.64. The predicted molar refractivity (Wildman–Crippen MR) is 161 cm³/mol. The lowest BCUT2D eigenvalue weighted by molar-refractivity contribution is -0.128. The number of hydrogen-bond donors (Lipinski definition) is 0. The number of fused-ring (bicyclic) bond motifs is 4. The van der Waals surface area contributed by atoms with Crippen LogP contribution in [0.2, 0.25) is 0 Å². The Bertz CT molecular complexity index is 1640. The fourth-order valence-electron chi connectivity index (χ4n) is 7.52. The first-order valence-corrected chi connectivity index (χ1v) is 15.3. The number of pyridine rings is 1. The zero-order valence-corrected chi connectivity index (χ0v) is 24.5. The second-order valence-electron chi connectivity index (χ2n) is 12.3. The summed E-state index contributed by atoms with van der Waals surface area (Å²) in [5.74, 6) is 0.935. The van der Waals surface area contributed by atoms with Crippen LogP contribution in [-0.2, 0) is 11.2 Å². The standard InChI is InChI=1S/C33H36FN7O2/c1-3-27(42)41-15-14-40(18-22(41)11-12-35)32-26-17-36-30(25-8-4-6-21-16-20-9-10-24(20)28(21)25)29(34)31(26)37-33(38-32)43-19-23-7-5-13-39(23)2/h3-4,6,8,17,20,22-24H,1,5,7,9-11,13-16,18-19H2,2H3/t20?,22-,23-,24?/m0/s1. The number of carbonyl (C=O) groups is 1. The molecular formula is C33H36FN7O2. The minimum atomic E-state index is -0.478. The van der Waals surface area contributed by atoms with Gasteiger partial charge in [-0.15, -0.1) is 0 Å². The SMILES string of the molecule is C=CC(=O)N1CCN(c2nc(OC[C@@H]3CCCN3C)nc3c(F)c(-c4cccc5c4C4CCC4C5)ncc23)C[C@@H]1CC#N. The van der Waals surface area contributed by atoms with Gasteiger partial charge in [0.2, 0.25) is 5.91 Å². The lowest BCUT2D eigenvalue weighted by Gasteiger charge is -2.41. The molecule has 10 heteroatoms. The quantitative estimate of drug-likeness (QED) is 0.377. The summed E-state index contributed by atoms with van der Waals surface area (Å²) >= 11 is 0. The Morgan fingerprint density at radius 2 is 2.09 bits per heavy atom. The molecule has 1 aromatic carbocycles. The van der Waals surface area contributed by atoms with Crippen LogP contribution in [0, 0.1) is 23.1 Å². The van der Waals surface area contributed by atoms with Crippen LogP contribution in [0.1, 0.15) is 49.1 Å². The second kappa shape index (κ2) is 11.2. The molecule has 222 valence electrons. The number of hydrogen-bond acceptors (Lipinski definition) is 8. The number of likely N-dealkylation sites (tertiary alicyclic amines) is 1. The summed E-state index contributed by atoms with van der Waals surface area (Å²) in [7, 11) is 2.08. The fraction of sp³-hybridized carbons (Fsp3) is 0.485. The summed E-state index contributed by atoms with van der Waals surface area (Å²) in [5, 5.41) is 9.98. The monoisotopic (exact) mass is 581 g/mol. The van der Waals surface area contributed by atoms with Crippen LogP contribution in [0.4, 0.5) is 10.2 Å². The van der Waals surface area contributed by atoms with Gasteiger partial charge in [-0.25, -0.2) is 4.39 Å². The number of carbonyl (C=O) groups excluding carboxylic acids is 1. The van der Waals surface area contributed by atoms with Crippen molar-refractivity contribution in [2.45, 2.75) is 56.5 Å². The van der Waals surface area contributed by atoms with Crippen molar-refractivity contribution in [3.8, 4) is 23.3 Å². The molecule has 2 saturated heterocycles. The van der Waals surface area contributed by atoms with Gasteiger partial charge in [0.15, 0.2) is 5.82 Å². The summed E-state index contributed by atoms with van der Waals surface area (Å²) in [6, 6.07) is 8.36. The molecule has 43 heavy (non-hydrogen) atoms. The van der Waals surface area contributed by atoms with Gasteiger partial charge in [0.25, 0.3) is 0 Å². The van der Waals surface area contributed by atoms with Crippen molar-refractivity contribution < 1.29 is 13.9 Å². The van der Waals surface area contributed by atoms with Crippen LogP contribution in [-0.4, -0.2) is 82.6 Å². The van der Waals surface area contributed by atoms with E-state index in [1.54, 1.807) is 11.1 Å². The molecule has 3 aromatic rings. The lowest BCUT2D eigenvalue weighted by Crippen LogP contribution is -2.55. The van der Waals surface area contributed by atoms with Crippen LogP contribution in [0.5, 0.6) is 6.01 Å². The van der Waals surface area contributed by atoms with E-state index in [2.05, 4.69) is 35.6 Å². The molecule has 1 saturated carbocycles. The molecule has 1 amide bonds. The average molecular weight is 582 g/mol. The first-order valence-electron chi connectivity index (χ1n) is 15.3. The minimum Gasteiger partial charge on any atom is -0.462 e. The lowest BCUT2D eigenvalue weighted by atomic mass is 9.73. The number of amides is 1. The maximum Gasteiger partial charge on any atom is 0.319 e. The first-order chi connectivity index (χ1) is 21.0. The molecule has 2 aromatic heterocycles. The topological polar surface area (TPSA) is 98.5 Å². The summed E-state index contributed by atoms with van der Waals surface area (Å²) in [4.78, 5) is 32.6. The Balaban J connectivity index is 1.30. The van der Waals surface area contributed by atoms with Crippen LogP contribution >= 0.6 is 0 Å². The van der Waals surface area contributed by atoms with E-state index in [1.165, 1.54) is 23.6 Å². The highest BCUT2D eigenvalue weighted by molar-refractivity contribution is 5.93. The third-order valence-electron chi connectivity index (χ3n) is 10.0. The Morgan fingerprint density at radius 3 is 2.84 bits per heavy atom. The van der Waals surface area contributed by atoms with Crippen LogP contribution in [0.15, 0.2) is 37.1 Å². The van der Waals surface area contributed by atoms with E-state index in [0.29, 0.717) is 55.0 Å². The number of aromatic nitrogens is 3. The van der Waals surface area contributed by atoms with Crippen LogP contribution in [0.25, 0.3) is 22.2 Å². The number of ether oxygens (including phenoxy) is 1. The molecule has 2 unspecified atom stereocenters. The van der Waals surface area contributed by atoms with Gasteiger partial charge in [-0.3, -0.25) is 9.78 Å². The second-order valence-corrected chi connectivity index (χ2v) is 12.3. The minimum absolute atomic E-state index is 0.123. The number of likely N-dealkylation sites (N-methyl/N-ethyl adjacent to an activating group) is 1. The Labute approximate surface area is 251 Å². The van der Waals surface area contributed by atoms with Gasteiger partial charge in [-0.05, 0) is 74.7 Å². The highest BCUT2D eigenvalue weighted by Crippen LogP contribution is 2.54. The Kier molecular flexibility index (Phi) is 7.21. The van der Waals surface area contributed by atoms with Crippen molar-refractivity contribution in [1.29, 1.82) is 5.26 Å². The largest absolute Gasteiger partial charge is 0.462 e. The number of rotatable bonds is 7. The van der Waals surface area contributed by atoms with Crippen molar-refractivity contribution in [2.75, 3.05) is 44.7 Å². The molecule has 0 bridgehead atoms. The van der Waals surface area contributed by atoms with E-state index in [-0.39, 0.29) is 35.9 Å². The molecular weight excluding hydrogens is 545 g/mol. The Hall–Kier alpha value is -4.10. The Morgan fingerprint density at radius 1 is 1.21 bits per heavy atom. The first kappa shape index (κ1) is 27.7. The number of piperazine rings is 1. The summed E-state index contributed by atoms with van der Waals surface area (Å²) in [6.45, 7) is 6.25. The summed E-state index contributed by atoms with van der Waals surface area (Å²) < 4.78 is 22.8. The summed E-state index contributed by atoms with van der Waals surface area (Å²) in [5.41, 5.74) is 3.88. The van der Waals surface area contributed by atoms with Gasteiger partial charge in [-0.1, -0.05) is 24.8 Å². The van der Waals surface area contributed by atoms with Crippen molar-refractivity contribution >= 4 is 22.6 Å². The van der Waals surface area contributed by atoms with Crippen LogP contribution < -0.4 is 9.64 Å². The van der Waals surface area contributed by atoms with Crippen molar-refractivity contribution in [1.82, 2.24) is 24.8 Å². The molecule has 4 aliphatic rings. The van der Waals surface area contributed by atoms with Gasteiger partial charge in [0.05, 0.1) is 23.9 Å². The molecule has 7 rings (SSSR count). The third-order valence-corrected chi connectivity index (χ3v) is 10.0. The smallest absolute Gasteiger partial charge is 0.319 e. The van der Waals surface area contributed by atoms with Gasteiger partial charge < -0.3 is 19.4 Å².